The third-order valence-corrected chi connectivity index (χ3v) is 4.01. The molecule has 0 spiro atoms. The predicted molar refractivity (Wildman–Crippen MR) is 96.5 cm³/mol. The number of aromatic nitrogens is 4. The molecule has 0 aliphatic rings. The largest absolute Gasteiger partial charge is 0.452 e. The average Bonchev–Trinajstić information content (AvgIpc) is 3.03. The smallest absolute Gasteiger partial charge is 0.338 e. The van der Waals surface area contributed by atoms with Crippen molar-refractivity contribution in [3.05, 3.63) is 35.6 Å². The van der Waals surface area contributed by atoms with E-state index >= 15 is 0 Å². The highest BCUT2D eigenvalue weighted by Crippen LogP contribution is 2.31. The van der Waals surface area contributed by atoms with E-state index in [1.54, 1.807) is 24.3 Å². The van der Waals surface area contributed by atoms with Crippen molar-refractivity contribution in [2.45, 2.75) is 18.4 Å². The van der Waals surface area contributed by atoms with E-state index in [0.29, 0.717) is 10.7 Å². The van der Waals surface area contributed by atoms with Crippen LogP contribution in [-0.2, 0) is 11.8 Å². The lowest BCUT2D eigenvalue weighted by Gasteiger charge is -2.15. The molecule has 0 radical (unpaired) electrons. The first-order chi connectivity index (χ1) is 14.4. The molecule has 1 atom stereocenters. The van der Waals surface area contributed by atoms with E-state index in [4.69, 9.17) is 11.6 Å². The number of ketones is 1. The van der Waals surface area contributed by atoms with Gasteiger partial charge >= 0.3 is 12.4 Å². The minimum absolute atomic E-state index is 0.00687. The van der Waals surface area contributed by atoms with Gasteiger partial charge in [0.15, 0.2) is 17.0 Å². The highest BCUT2D eigenvalue weighted by Gasteiger charge is 2.55. The number of nitrogens with zero attached hydrogens (tertiary/aromatic N) is 6. The van der Waals surface area contributed by atoms with Gasteiger partial charge in [0.2, 0.25) is 6.04 Å². The zero-order valence-corrected chi connectivity index (χ0v) is 16.0. The molecule has 0 fully saturated rings. The summed E-state index contributed by atoms with van der Waals surface area (Å²) in [4.78, 5) is 22.9. The molecule has 3 aromatic rings. The number of hydrogen-bond donors (Lipinski definition) is 1. The normalized spacial score (nSPS) is 13.7. The van der Waals surface area contributed by atoms with Crippen LogP contribution in [0.2, 0.25) is 5.02 Å². The molecule has 0 aliphatic heterocycles. The van der Waals surface area contributed by atoms with Crippen molar-refractivity contribution >= 4 is 46.0 Å². The summed E-state index contributed by atoms with van der Waals surface area (Å²) in [7, 11) is 1.51. The maximum Gasteiger partial charge on any atom is 0.452 e. The van der Waals surface area contributed by atoms with Gasteiger partial charge in [-0.2, -0.15) is 41.4 Å². The molecule has 3 rings (SSSR count). The Bertz CT molecular complexity index is 1140. The fraction of sp³-hybridized carbons (Fsp3) is 0.250. The molecule has 164 valence electrons. The first-order valence-electron chi connectivity index (χ1n) is 8.16. The molecule has 31 heavy (non-hydrogen) atoms. The van der Waals surface area contributed by atoms with Gasteiger partial charge in [-0.25, -0.2) is 4.98 Å². The molecule has 0 aliphatic carbocycles. The summed E-state index contributed by atoms with van der Waals surface area (Å²) in [5.74, 6) is -3.82. The summed E-state index contributed by atoms with van der Waals surface area (Å²) in [6, 6.07) is 2.51. The number of anilines is 2. The maximum absolute atomic E-state index is 12.9. The van der Waals surface area contributed by atoms with Gasteiger partial charge in [-0.05, 0) is 24.3 Å². The summed E-state index contributed by atoms with van der Waals surface area (Å²) < 4.78 is 77.6. The van der Waals surface area contributed by atoms with Crippen LogP contribution in [0, 0.1) is 0 Å². The topological polar surface area (TPSA) is 97.4 Å². The lowest BCUT2D eigenvalue weighted by Crippen LogP contribution is -2.42. The number of hydrogen-bond acceptors (Lipinski definition) is 7. The SMILES string of the molecule is Cn1cnc2c(Nc3ccc(Cl)cc3)nc(N=NC(C(=O)C(F)(F)F)C(F)(F)F)nc21. The van der Waals surface area contributed by atoms with Crippen molar-refractivity contribution < 1.29 is 31.1 Å². The molecular formula is C16H10ClF6N7O. The molecule has 8 nitrogen and oxygen atoms in total. The van der Waals surface area contributed by atoms with E-state index in [9.17, 15) is 31.1 Å². The number of halogens is 7. The molecule has 2 heterocycles. The van der Waals surface area contributed by atoms with E-state index in [2.05, 4.69) is 30.5 Å². The lowest BCUT2D eigenvalue weighted by atomic mass is 10.2. The summed E-state index contributed by atoms with van der Waals surface area (Å²) in [5, 5.41) is 8.88. The fourth-order valence-corrected chi connectivity index (χ4v) is 2.45. The third-order valence-electron chi connectivity index (χ3n) is 3.76. The number of alkyl halides is 6. The van der Waals surface area contributed by atoms with Crippen LogP contribution in [-0.4, -0.2) is 43.7 Å². The van der Waals surface area contributed by atoms with Crippen molar-refractivity contribution in [2.24, 2.45) is 17.3 Å². The van der Waals surface area contributed by atoms with Crippen LogP contribution >= 0.6 is 11.6 Å². The van der Waals surface area contributed by atoms with Gasteiger partial charge in [0.1, 0.15) is 0 Å². The molecule has 1 aromatic carbocycles. The first-order valence-corrected chi connectivity index (χ1v) is 8.54. The number of carbonyl (C=O) groups is 1. The zero-order valence-electron chi connectivity index (χ0n) is 15.2. The minimum Gasteiger partial charge on any atom is -0.338 e. The quantitative estimate of drug-likeness (QED) is 0.426. The van der Waals surface area contributed by atoms with E-state index < -0.39 is 30.1 Å². The van der Waals surface area contributed by atoms with Gasteiger partial charge in [-0.1, -0.05) is 11.6 Å². The van der Waals surface area contributed by atoms with Crippen molar-refractivity contribution in [3.63, 3.8) is 0 Å². The standard InChI is InChI=1S/C16H10ClF6N7O/c1-30-6-24-9-12(25-8-4-2-7(17)3-5-8)26-14(27-13(9)30)29-28-10(15(18,19)20)11(31)16(21,22)23/h2-6,10H,1H3,(H,25,26,27). The van der Waals surface area contributed by atoms with E-state index in [1.165, 1.54) is 17.9 Å². The Morgan fingerprint density at radius 2 is 1.77 bits per heavy atom. The summed E-state index contributed by atoms with van der Waals surface area (Å²) in [6.07, 6.45) is -10.0. The number of Topliss-reactive ketones (excluding diaryl/α,β-unsaturated/α-hetero) is 1. The molecule has 2 aromatic heterocycles. The third kappa shape index (κ3) is 5.07. The van der Waals surface area contributed by atoms with Crippen molar-refractivity contribution in [1.29, 1.82) is 0 Å². The van der Waals surface area contributed by atoms with Crippen LogP contribution in [0.3, 0.4) is 0 Å². The predicted octanol–water partition coefficient (Wildman–Crippen LogP) is 4.91. The molecule has 0 saturated heterocycles. The van der Waals surface area contributed by atoms with Crippen molar-refractivity contribution in [2.75, 3.05) is 5.32 Å². The first kappa shape index (κ1) is 22.4. The Kier molecular flexibility index (Phi) is 5.85. The van der Waals surface area contributed by atoms with Gasteiger partial charge in [0.25, 0.3) is 11.7 Å². The van der Waals surface area contributed by atoms with Crippen molar-refractivity contribution in [3.8, 4) is 0 Å². The van der Waals surface area contributed by atoms with Gasteiger partial charge in [-0.3, -0.25) is 4.79 Å². The van der Waals surface area contributed by atoms with Crippen LogP contribution < -0.4 is 5.32 Å². The van der Waals surface area contributed by atoms with Crippen LogP contribution in [0.4, 0.5) is 43.8 Å². The molecular weight excluding hydrogens is 456 g/mol. The molecule has 1 unspecified atom stereocenters. The van der Waals surface area contributed by atoms with Crippen molar-refractivity contribution in [1.82, 2.24) is 19.5 Å². The Labute approximate surface area is 174 Å². The Morgan fingerprint density at radius 1 is 1.13 bits per heavy atom. The van der Waals surface area contributed by atoms with Crippen LogP contribution in [0.5, 0.6) is 0 Å². The molecule has 0 saturated carbocycles. The number of carbonyl (C=O) groups excluding carboxylic acids is 1. The van der Waals surface area contributed by atoms with Crippen LogP contribution in [0.15, 0.2) is 40.8 Å². The number of imidazole rings is 1. The molecule has 15 heteroatoms. The van der Waals surface area contributed by atoms with Gasteiger partial charge in [-0.15, -0.1) is 5.11 Å². The van der Waals surface area contributed by atoms with Crippen LogP contribution in [0.1, 0.15) is 0 Å². The van der Waals surface area contributed by atoms with E-state index in [1.807, 2.05) is 0 Å². The highest BCUT2D eigenvalue weighted by molar-refractivity contribution is 6.30. The summed E-state index contributed by atoms with van der Waals surface area (Å²) in [6.45, 7) is 0. The maximum atomic E-state index is 12.9. The Morgan fingerprint density at radius 3 is 2.35 bits per heavy atom. The second-order valence-electron chi connectivity index (χ2n) is 6.05. The molecule has 0 amide bonds. The van der Waals surface area contributed by atoms with Gasteiger partial charge < -0.3 is 9.88 Å². The number of nitrogens with one attached hydrogen (secondary N) is 1. The summed E-state index contributed by atoms with van der Waals surface area (Å²) in [5.41, 5.74) is 0.777. The highest BCUT2D eigenvalue weighted by atomic mass is 35.5. The lowest BCUT2D eigenvalue weighted by molar-refractivity contribution is -0.196. The number of fused-ring (bicyclic) bond motifs is 1. The second kappa shape index (κ2) is 8.09. The average molecular weight is 466 g/mol. The van der Waals surface area contributed by atoms with E-state index in [-0.39, 0.29) is 17.0 Å². The molecule has 0 bridgehead atoms. The van der Waals surface area contributed by atoms with Crippen LogP contribution in [0.25, 0.3) is 11.2 Å². The zero-order chi connectivity index (χ0) is 23.0. The van der Waals surface area contributed by atoms with Gasteiger partial charge in [0.05, 0.1) is 6.33 Å². The molecule has 1 N–H and O–H groups in total. The minimum atomic E-state index is -5.76. The Balaban J connectivity index is 2.02. The number of benzene rings is 1. The number of aryl methyl sites for hydroxylation is 1. The second-order valence-corrected chi connectivity index (χ2v) is 6.49. The van der Waals surface area contributed by atoms with Gasteiger partial charge in [0, 0.05) is 17.8 Å². The monoisotopic (exact) mass is 465 g/mol. The van der Waals surface area contributed by atoms with E-state index in [0.717, 1.165) is 0 Å². The Hall–Kier alpha value is -3.29. The fourth-order valence-electron chi connectivity index (χ4n) is 2.33. The number of rotatable bonds is 5. The number of azo groups is 1. The summed E-state index contributed by atoms with van der Waals surface area (Å²) >= 11 is 5.81.